The number of para-hydroxylation sites is 2. The van der Waals surface area contributed by atoms with Crippen LogP contribution in [0.1, 0.15) is 0 Å². The molecule has 4 heteroatoms. The van der Waals surface area contributed by atoms with Crippen LogP contribution in [0, 0.1) is 6.57 Å². The molecule has 0 amide bonds. The predicted octanol–water partition coefficient (Wildman–Crippen LogP) is 12.5. The number of benzene rings is 7. The molecular weight excluding hydrogens is 591 g/mol. The highest BCUT2D eigenvalue weighted by Crippen LogP contribution is 2.42. The molecule has 0 radical (unpaired) electrons. The molecule has 3 aromatic heterocycles. The molecular formula is C43H25N3S. The Bertz CT molecular complexity index is 2880. The van der Waals surface area contributed by atoms with Gasteiger partial charge in [-0.05, 0) is 83.2 Å². The summed E-state index contributed by atoms with van der Waals surface area (Å²) in [7, 11) is 0. The lowest BCUT2D eigenvalue weighted by atomic mass is 10.0. The first-order valence-electron chi connectivity index (χ1n) is 15.7. The number of thiophene rings is 1. The molecule has 10 aromatic rings. The molecule has 0 saturated heterocycles. The van der Waals surface area contributed by atoms with Crippen LogP contribution in [0.15, 0.2) is 152 Å². The minimum absolute atomic E-state index is 0.656. The topological polar surface area (TPSA) is 14.2 Å². The smallest absolute Gasteiger partial charge is 0.188 e. The maximum Gasteiger partial charge on any atom is 0.188 e. The molecule has 10 rings (SSSR count). The molecule has 0 bridgehead atoms. The Kier molecular flexibility index (Phi) is 5.51. The van der Waals surface area contributed by atoms with Crippen LogP contribution in [-0.2, 0) is 0 Å². The van der Waals surface area contributed by atoms with Crippen molar-refractivity contribution in [3.05, 3.63) is 163 Å². The summed E-state index contributed by atoms with van der Waals surface area (Å²) < 4.78 is 7.29. The van der Waals surface area contributed by atoms with Crippen LogP contribution in [-0.4, -0.2) is 9.13 Å². The molecule has 0 saturated carbocycles. The monoisotopic (exact) mass is 615 g/mol. The van der Waals surface area contributed by atoms with Gasteiger partial charge in [-0.15, -0.1) is 11.3 Å². The fourth-order valence-electron chi connectivity index (χ4n) is 7.42. The lowest BCUT2D eigenvalue weighted by Gasteiger charge is -2.13. The maximum absolute atomic E-state index is 7.70. The first kappa shape index (κ1) is 26.1. The Morgan fingerprint density at radius 3 is 1.66 bits per heavy atom. The quantitative estimate of drug-likeness (QED) is 0.176. The van der Waals surface area contributed by atoms with E-state index in [0.29, 0.717) is 5.69 Å². The van der Waals surface area contributed by atoms with E-state index in [1.54, 1.807) is 0 Å². The van der Waals surface area contributed by atoms with E-state index in [1.165, 1.54) is 47.4 Å². The van der Waals surface area contributed by atoms with E-state index in [9.17, 15) is 0 Å². The van der Waals surface area contributed by atoms with Gasteiger partial charge < -0.3 is 9.13 Å². The maximum atomic E-state index is 7.70. The van der Waals surface area contributed by atoms with E-state index in [-0.39, 0.29) is 0 Å². The highest BCUT2D eigenvalue weighted by molar-refractivity contribution is 7.25. The number of nitrogens with zero attached hydrogens (tertiary/aromatic N) is 3. The van der Waals surface area contributed by atoms with Gasteiger partial charge in [-0.2, -0.15) is 0 Å². The van der Waals surface area contributed by atoms with Crippen molar-refractivity contribution in [2.75, 3.05) is 0 Å². The highest BCUT2D eigenvalue weighted by Gasteiger charge is 2.17. The van der Waals surface area contributed by atoms with Crippen LogP contribution < -0.4 is 0 Å². The summed E-state index contributed by atoms with van der Waals surface area (Å²) in [6.07, 6.45) is 0. The third-order valence-corrected chi connectivity index (χ3v) is 10.6. The average Bonchev–Trinajstić information content (AvgIpc) is 3.77. The lowest BCUT2D eigenvalue weighted by Crippen LogP contribution is -1.96. The molecule has 0 aliphatic heterocycles. The Morgan fingerprint density at radius 2 is 0.979 bits per heavy atom. The minimum atomic E-state index is 0.656. The SMILES string of the molecule is [C-]#[N+]c1ccc2c(c1)c1cc3sc4ccccc4c3cc1n2-c1cccc(-c2cccc(-n3c4ccccc4c4ccccc43)c2)c1. The van der Waals surface area contributed by atoms with Gasteiger partial charge >= 0.3 is 0 Å². The van der Waals surface area contributed by atoms with Crippen molar-refractivity contribution in [1.82, 2.24) is 9.13 Å². The van der Waals surface area contributed by atoms with Gasteiger partial charge in [0.15, 0.2) is 5.69 Å². The van der Waals surface area contributed by atoms with Gasteiger partial charge in [-0.3, -0.25) is 0 Å². The van der Waals surface area contributed by atoms with Gasteiger partial charge in [0.05, 0.1) is 28.6 Å². The van der Waals surface area contributed by atoms with Crippen molar-refractivity contribution < 1.29 is 0 Å². The summed E-state index contributed by atoms with van der Waals surface area (Å²) in [6.45, 7) is 7.70. The number of aromatic nitrogens is 2. The molecule has 3 heterocycles. The summed E-state index contributed by atoms with van der Waals surface area (Å²) in [5, 5.41) is 7.34. The third-order valence-electron chi connectivity index (χ3n) is 9.50. The minimum Gasteiger partial charge on any atom is -0.309 e. The van der Waals surface area contributed by atoms with Gasteiger partial charge in [0.2, 0.25) is 0 Å². The molecule has 218 valence electrons. The Hall–Kier alpha value is -6.15. The standard InChI is InChI=1S/C43H25N3S/c1-44-29-20-21-40-35(24-29)36-26-43-37(34-16-4-7-19-42(34)47-43)25-41(36)46(40)31-13-9-11-28(23-31)27-10-8-12-30(22-27)45-38-17-5-2-14-32(38)33-15-3-6-18-39(33)45/h2-26H. The molecule has 0 aliphatic carbocycles. The average molecular weight is 616 g/mol. The molecule has 0 unspecified atom stereocenters. The zero-order chi connectivity index (χ0) is 31.1. The zero-order valence-electron chi connectivity index (χ0n) is 25.2. The van der Waals surface area contributed by atoms with Crippen LogP contribution in [0.25, 0.3) is 91.1 Å². The molecule has 7 aromatic carbocycles. The van der Waals surface area contributed by atoms with Gasteiger partial charge in [0.25, 0.3) is 0 Å². The van der Waals surface area contributed by atoms with Crippen molar-refractivity contribution in [2.45, 2.75) is 0 Å². The van der Waals surface area contributed by atoms with E-state index in [0.717, 1.165) is 38.9 Å². The first-order chi connectivity index (χ1) is 23.2. The highest BCUT2D eigenvalue weighted by atomic mass is 32.1. The molecule has 47 heavy (non-hydrogen) atoms. The normalized spacial score (nSPS) is 11.8. The van der Waals surface area contributed by atoms with E-state index in [4.69, 9.17) is 6.57 Å². The predicted molar refractivity (Wildman–Crippen MR) is 200 cm³/mol. The van der Waals surface area contributed by atoms with Gasteiger partial charge in [-0.1, -0.05) is 84.9 Å². The Labute approximate surface area is 274 Å². The largest absolute Gasteiger partial charge is 0.309 e. The molecule has 3 nitrogen and oxygen atoms in total. The molecule has 0 atom stereocenters. The van der Waals surface area contributed by atoms with Crippen LogP contribution in [0.5, 0.6) is 0 Å². The van der Waals surface area contributed by atoms with E-state index < -0.39 is 0 Å². The van der Waals surface area contributed by atoms with Crippen molar-refractivity contribution >= 4 is 80.8 Å². The number of rotatable bonds is 3. The van der Waals surface area contributed by atoms with Crippen LogP contribution >= 0.6 is 11.3 Å². The second-order valence-electron chi connectivity index (χ2n) is 12.1. The van der Waals surface area contributed by atoms with Crippen molar-refractivity contribution in [3.8, 4) is 22.5 Å². The molecule has 0 N–H and O–H groups in total. The summed E-state index contributed by atoms with van der Waals surface area (Å²) in [5.41, 5.74) is 9.86. The summed E-state index contributed by atoms with van der Waals surface area (Å²) in [6, 6.07) is 54.4. The number of fused-ring (bicyclic) bond motifs is 9. The zero-order valence-corrected chi connectivity index (χ0v) is 26.0. The fourth-order valence-corrected chi connectivity index (χ4v) is 8.55. The van der Waals surface area contributed by atoms with E-state index in [2.05, 4.69) is 154 Å². The summed E-state index contributed by atoms with van der Waals surface area (Å²) in [5.74, 6) is 0. The summed E-state index contributed by atoms with van der Waals surface area (Å²) >= 11 is 1.83. The second kappa shape index (κ2) is 9.92. The van der Waals surface area contributed by atoms with Crippen LogP contribution in [0.3, 0.4) is 0 Å². The molecule has 0 aliphatic rings. The molecule has 0 fully saturated rings. The Morgan fingerprint density at radius 1 is 0.404 bits per heavy atom. The van der Waals surface area contributed by atoms with E-state index in [1.807, 2.05) is 23.5 Å². The Balaban J connectivity index is 1.19. The van der Waals surface area contributed by atoms with Crippen molar-refractivity contribution in [3.63, 3.8) is 0 Å². The number of hydrogen-bond donors (Lipinski definition) is 0. The van der Waals surface area contributed by atoms with Crippen molar-refractivity contribution in [2.24, 2.45) is 0 Å². The van der Waals surface area contributed by atoms with Crippen LogP contribution in [0.4, 0.5) is 5.69 Å². The van der Waals surface area contributed by atoms with Gasteiger partial charge in [0, 0.05) is 47.7 Å². The third kappa shape index (κ3) is 3.85. The summed E-state index contributed by atoms with van der Waals surface area (Å²) in [4.78, 5) is 3.77. The van der Waals surface area contributed by atoms with Gasteiger partial charge in [-0.25, -0.2) is 4.85 Å². The van der Waals surface area contributed by atoms with E-state index >= 15 is 0 Å². The lowest BCUT2D eigenvalue weighted by molar-refractivity contribution is 1.17. The van der Waals surface area contributed by atoms with Gasteiger partial charge in [0.1, 0.15) is 0 Å². The number of hydrogen-bond acceptors (Lipinski definition) is 1. The first-order valence-corrected chi connectivity index (χ1v) is 16.5. The van der Waals surface area contributed by atoms with Crippen LogP contribution in [0.2, 0.25) is 0 Å². The van der Waals surface area contributed by atoms with Crippen molar-refractivity contribution in [1.29, 1.82) is 0 Å². The molecule has 0 spiro atoms. The second-order valence-corrected chi connectivity index (χ2v) is 13.2. The fraction of sp³-hybridized carbons (Fsp3) is 0.